The van der Waals surface area contributed by atoms with Crippen LogP contribution < -0.4 is 5.32 Å². The van der Waals surface area contributed by atoms with E-state index in [-0.39, 0.29) is 18.5 Å². The van der Waals surface area contributed by atoms with Gasteiger partial charge >= 0.3 is 6.03 Å². The van der Waals surface area contributed by atoms with Gasteiger partial charge in [-0.15, -0.1) is 0 Å². The van der Waals surface area contributed by atoms with Gasteiger partial charge in [0, 0.05) is 51.9 Å². The van der Waals surface area contributed by atoms with Crippen molar-refractivity contribution in [1.29, 1.82) is 0 Å². The van der Waals surface area contributed by atoms with E-state index in [1.54, 1.807) is 0 Å². The second kappa shape index (κ2) is 8.45. The molecule has 7 nitrogen and oxygen atoms in total. The minimum absolute atomic E-state index is 0.118. The average molecular weight is 312 g/mol. The van der Waals surface area contributed by atoms with Crippen LogP contribution in [0.1, 0.15) is 20.3 Å². The molecule has 0 bridgehead atoms. The quantitative estimate of drug-likeness (QED) is 0.504. The minimum atomic E-state index is -0.257. The summed E-state index contributed by atoms with van der Waals surface area (Å²) < 4.78 is 5.45. The molecule has 126 valence electrons. The molecule has 2 aliphatic rings. The Morgan fingerprint density at radius 2 is 2.00 bits per heavy atom. The van der Waals surface area contributed by atoms with Gasteiger partial charge in [0.25, 0.3) is 0 Å². The summed E-state index contributed by atoms with van der Waals surface area (Å²) in [5.74, 6) is -0.118. The monoisotopic (exact) mass is 312 g/mol. The van der Waals surface area contributed by atoms with E-state index < -0.39 is 0 Å². The smallest absolute Gasteiger partial charge is 0.324 e. The van der Waals surface area contributed by atoms with Crippen molar-refractivity contribution in [3.05, 3.63) is 0 Å². The van der Waals surface area contributed by atoms with Crippen molar-refractivity contribution < 1.29 is 14.3 Å². The van der Waals surface area contributed by atoms with Crippen LogP contribution in [-0.4, -0.2) is 91.7 Å². The van der Waals surface area contributed by atoms with Crippen molar-refractivity contribution in [3.8, 4) is 0 Å². The summed E-state index contributed by atoms with van der Waals surface area (Å²) in [6.45, 7) is 11.1. The maximum atomic E-state index is 11.6. The fourth-order valence-corrected chi connectivity index (χ4v) is 3.09. The number of ether oxygens (including phenoxy) is 1. The Balaban J connectivity index is 1.75. The summed E-state index contributed by atoms with van der Waals surface area (Å²) in [7, 11) is 0. The molecule has 0 aromatic carbocycles. The van der Waals surface area contributed by atoms with Crippen molar-refractivity contribution in [2.24, 2.45) is 0 Å². The van der Waals surface area contributed by atoms with Crippen LogP contribution in [0.4, 0.5) is 4.79 Å². The zero-order chi connectivity index (χ0) is 15.9. The number of hydrogen-bond acceptors (Lipinski definition) is 5. The summed E-state index contributed by atoms with van der Waals surface area (Å²) in [5.41, 5.74) is 0. The fourth-order valence-electron chi connectivity index (χ4n) is 3.09. The molecule has 7 heteroatoms. The standard InChI is InChI=1S/C15H28N4O3/c1-3-13-12-17(5-7-18(13)9-10-22-4-2)6-8-19-14(20)11-16-15(19)21/h13H,3-12H2,1-2H3,(H,16,21)/t13-/m1/s1. The molecule has 2 fully saturated rings. The number of amides is 3. The molecule has 0 radical (unpaired) electrons. The van der Waals surface area contributed by atoms with Gasteiger partial charge in [0.2, 0.25) is 5.91 Å². The van der Waals surface area contributed by atoms with Crippen LogP contribution in [-0.2, 0) is 9.53 Å². The summed E-state index contributed by atoms with van der Waals surface area (Å²) in [6, 6.07) is 0.268. The van der Waals surface area contributed by atoms with Crippen molar-refractivity contribution in [1.82, 2.24) is 20.0 Å². The Bertz CT molecular complexity index is 375. The molecule has 1 atom stereocenters. The number of piperazine rings is 1. The van der Waals surface area contributed by atoms with Crippen LogP contribution in [0.2, 0.25) is 0 Å². The van der Waals surface area contributed by atoms with Crippen molar-refractivity contribution in [3.63, 3.8) is 0 Å². The van der Waals surface area contributed by atoms with Gasteiger partial charge in [0.1, 0.15) is 0 Å². The van der Waals surface area contributed by atoms with Crippen LogP contribution >= 0.6 is 0 Å². The van der Waals surface area contributed by atoms with Gasteiger partial charge in [-0.1, -0.05) is 6.92 Å². The summed E-state index contributed by atoms with van der Waals surface area (Å²) in [6.07, 6.45) is 1.10. The Morgan fingerprint density at radius 1 is 1.18 bits per heavy atom. The Hall–Kier alpha value is -1.18. The molecule has 0 aliphatic carbocycles. The molecule has 22 heavy (non-hydrogen) atoms. The van der Waals surface area contributed by atoms with E-state index in [9.17, 15) is 9.59 Å². The topological polar surface area (TPSA) is 65.1 Å². The highest BCUT2D eigenvalue weighted by molar-refractivity contribution is 6.01. The lowest BCUT2D eigenvalue weighted by Crippen LogP contribution is -2.55. The molecule has 2 rings (SSSR count). The Morgan fingerprint density at radius 3 is 2.64 bits per heavy atom. The van der Waals surface area contributed by atoms with E-state index in [2.05, 4.69) is 22.0 Å². The zero-order valence-electron chi connectivity index (χ0n) is 13.7. The molecular formula is C15H28N4O3. The molecule has 0 saturated carbocycles. The van der Waals surface area contributed by atoms with Crippen LogP contribution in [0.3, 0.4) is 0 Å². The largest absolute Gasteiger partial charge is 0.380 e. The number of carbonyl (C=O) groups is 2. The van der Waals surface area contributed by atoms with E-state index in [4.69, 9.17) is 4.74 Å². The maximum absolute atomic E-state index is 11.6. The highest BCUT2D eigenvalue weighted by atomic mass is 16.5. The van der Waals surface area contributed by atoms with Gasteiger partial charge in [0.05, 0.1) is 13.2 Å². The molecule has 0 spiro atoms. The summed E-state index contributed by atoms with van der Waals surface area (Å²) in [5, 5.41) is 2.56. The molecule has 0 aromatic rings. The number of nitrogens with one attached hydrogen (secondary N) is 1. The first-order valence-corrected chi connectivity index (χ1v) is 8.28. The van der Waals surface area contributed by atoms with Crippen LogP contribution in [0.25, 0.3) is 0 Å². The third-order valence-electron chi connectivity index (χ3n) is 4.46. The van der Waals surface area contributed by atoms with Gasteiger partial charge < -0.3 is 10.1 Å². The highest BCUT2D eigenvalue weighted by Gasteiger charge is 2.30. The number of carbonyl (C=O) groups excluding carboxylic acids is 2. The lowest BCUT2D eigenvalue weighted by atomic mass is 10.1. The van der Waals surface area contributed by atoms with E-state index in [1.807, 2.05) is 6.92 Å². The number of nitrogens with zero attached hydrogens (tertiary/aromatic N) is 3. The predicted molar refractivity (Wildman–Crippen MR) is 83.7 cm³/mol. The molecule has 2 heterocycles. The van der Waals surface area contributed by atoms with Crippen LogP contribution in [0, 0.1) is 0 Å². The normalized spacial score (nSPS) is 24.1. The second-order valence-corrected chi connectivity index (χ2v) is 5.80. The molecule has 2 aliphatic heterocycles. The number of imide groups is 1. The first kappa shape index (κ1) is 17.2. The summed E-state index contributed by atoms with van der Waals surface area (Å²) in [4.78, 5) is 29.3. The zero-order valence-corrected chi connectivity index (χ0v) is 13.7. The van der Waals surface area contributed by atoms with Crippen molar-refractivity contribution in [2.45, 2.75) is 26.3 Å². The van der Waals surface area contributed by atoms with Gasteiger partial charge in [-0.3, -0.25) is 19.5 Å². The third kappa shape index (κ3) is 4.41. The van der Waals surface area contributed by atoms with Gasteiger partial charge in [0.15, 0.2) is 0 Å². The van der Waals surface area contributed by atoms with E-state index in [0.717, 1.165) is 52.4 Å². The second-order valence-electron chi connectivity index (χ2n) is 5.80. The molecule has 2 saturated heterocycles. The predicted octanol–water partition coefficient (Wildman–Crippen LogP) is -0.0291. The van der Waals surface area contributed by atoms with E-state index in [0.29, 0.717) is 12.6 Å². The molecule has 1 N–H and O–H groups in total. The van der Waals surface area contributed by atoms with E-state index in [1.165, 1.54) is 4.90 Å². The SMILES string of the molecule is CCOCCN1CCN(CCN2C(=O)CNC2=O)C[C@H]1CC. The lowest BCUT2D eigenvalue weighted by molar-refractivity contribution is -0.125. The van der Waals surface area contributed by atoms with Crippen LogP contribution in [0.5, 0.6) is 0 Å². The number of rotatable bonds is 8. The fraction of sp³-hybridized carbons (Fsp3) is 0.867. The third-order valence-corrected chi connectivity index (χ3v) is 4.46. The molecule has 3 amide bonds. The summed E-state index contributed by atoms with van der Waals surface area (Å²) >= 11 is 0. The van der Waals surface area contributed by atoms with Gasteiger partial charge in [-0.2, -0.15) is 0 Å². The van der Waals surface area contributed by atoms with Crippen molar-refractivity contribution in [2.75, 3.05) is 59.0 Å². The molecule has 0 aromatic heterocycles. The van der Waals surface area contributed by atoms with Gasteiger partial charge in [-0.05, 0) is 13.3 Å². The number of hydrogen-bond donors (Lipinski definition) is 1. The van der Waals surface area contributed by atoms with E-state index >= 15 is 0 Å². The molecular weight excluding hydrogens is 284 g/mol. The Labute approximate surface area is 132 Å². The van der Waals surface area contributed by atoms with Crippen molar-refractivity contribution >= 4 is 11.9 Å². The first-order valence-electron chi connectivity index (χ1n) is 8.28. The average Bonchev–Trinajstić information content (AvgIpc) is 2.85. The minimum Gasteiger partial charge on any atom is -0.380 e. The Kier molecular flexibility index (Phi) is 6.60. The van der Waals surface area contributed by atoms with Gasteiger partial charge in [-0.25, -0.2) is 4.79 Å². The number of urea groups is 1. The highest BCUT2D eigenvalue weighted by Crippen LogP contribution is 2.13. The maximum Gasteiger partial charge on any atom is 0.324 e. The van der Waals surface area contributed by atoms with Crippen LogP contribution in [0.15, 0.2) is 0 Å². The first-order chi connectivity index (χ1) is 10.7. The lowest BCUT2D eigenvalue weighted by Gasteiger charge is -2.41. The molecule has 0 unspecified atom stereocenters.